The van der Waals surface area contributed by atoms with Crippen LogP contribution in [0.1, 0.15) is 101 Å². The first kappa shape index (κ1) is 28.1. The molecule has 2 aromatic carbocycles. The fourth-order valence-electron chi connectivity index (χ4n) is 6.22. The third-order valence-corrected chi connectivity index (χ3v) is 9.56. The van der Waals surface area contributed by atoms with Gasteiger partial charge in [-0.15, -0.1) is 0 Å². The van der Waals surface area contributed by atoms with Crippen LogP contribution < -0.4 is 0 Å². The smallest absolute Gasteiger partial charge is 0.126 e. The molecule has 4 aromatic heterocycles. The SMILES string of the molecule is CC1(C)c2cn(-c3ccccc3)c(n2)C(C)(C)c2ncc([nH]2)C(C)(C)c2cnc([nH]2)C(C)(C)c2nc1cn2-c1ccccc1. The van der Waals surface area contributed by atoms with Crippen LogP contribution in [-0.2, 0) is 21.7 Å². The number of nitrogens with zero attached hydrogens (tertiary/aromatic N) is 6. The van der Waals surface area contributed by atoms with Gasteiger partial charge in [-0.1, -0.05) is 36.4 Å². The molecule has 0 unspecified atom stereocenters. The minimum absolute atomic E-state index is 0.401. The van der Waals surface area contributed by atoms with E-state index >= 15 is 0 Å². The van der Waals surface area contributed by atoms with Gasteiger partial charge in [-0.3, -0.25) is 0 Å². The standard InChI is InChI=1S/C36H40N8/c1-33(2)25-19-37-29(39-25)35(5,6)31-41-27(21-43(31)23-15-11-9-12-16-23)34(3,4)28-22-44(24-17-13-10-14-18-24)32(42-28)36(7,8)30-38-20-26(33)40-30/h9-22H,1-8H3,(H,37,39)(H,38,40). The Kier molecular flexibility index (Phi) is 5.99. The van der Waals surface area contributed by atoms with Crippen molar-refractivity contribution in [1.29, 1.82) is 0 Å². The Hall–Kier alpha value is -4.72. The molecule has 0 spiro atoms. The summed E-state index contributed by atoms with van der Waals surface area (Å²) in [5.41, 5.74) is 4.00. The van der Waals surface area contributed by atoms with E-state index in [1.54, 1.807) is 0 Å². The summed E-state index contributed by atoms with van der Waals surface area (Å²) >= 11 is 0. The minimum Gasteiger partial charge on any atom is -0.344 e. The van der Waals surface area contributed by atoms with Crippen LogP contribution in [0.5, 0.6) is 0 Å². The molecule has 0 saturated carbocycles. The van der Waals surface area contributed by atoms with Gasteiger partial charge in [0.15, 0.2) is 0 Å². The lowest BCUT2D eigenvalue weighted by Gasteiger charge is -2.26. The molecule has 1 aliphatic rings. The molecule has 5 heterocycles. The second kappa shape index (κ2) is 9.39. The van der Waals surface area contributed by atoms with Gasteiger partial charge in [0.25, 0.3) is 0 Å². The lowest BCUT2D eigenvalue weighted by Crippen LogP contribution is -2.28. The average Bonchev–Trinajstić information content (AvgIpc) is 3.82. The summed E-state index contributed by atoms with van der Waals surface area (Å²) in [6.07, 6.45) is 8.25. The van der Waals surface area contributed by atoms with Gasteiger partial charge in [0, 0.05) is 53.0 Å². The number of nitrogens with one attached hydrogen (secondary N) is 2. The molecule has 0 aliphatic carbocycles. The minimum atomic E-state index is -0.536. The zero-order valence-electron chi connectivity index (χ0n) is 26.8. The molecule has 2 N–H and O–H groups in total. The van der Waals surface area contributed by atoms with Crippen LogP contribution in [0, 0.1) is 0 Å². The molecule has 7 rings (SSSR count). The number of aromatic amines is 2. The normalized spacial score (nSPS) is 17.8. The number of hydrogen-bond acceptors (Lipinski definition) is 4. The summed E-state index contributed by atoms with van der Waals surface area (Å²) in [7, 11) is 0. The highest BCUT2D eigenvalue weighted by atomic mass is 15.1. The Morgan fingerprint density at radius 2 is 0.886 bits per heavy atom. The highest BCUT2D eigenvalue weighted by molar-refractivity contribution is 5.44. The zero-order chi connectivity index (χ0) is 31.1. The van der Waals surface area contributed by atoms with Gasteiger partial charge in [0.2, 0.25) is 0 Å². The second-order valence-electron chi connectivity index (χ2n) is 14.1. The molecule has 6 aromatic rings. The van der Waals surface area contributed by atoms with Crippen molar-refractivity contribution in [2.45, 2.75) is 77.0 Å². The third-order valence-electron chi connectivity index (χ3n) is 9.56. The van der Waals surface area contributed by atoms with Gasteiger partial charge in [0.1, 0.15) is 23.3 Å². The molecular formula is C36H40N8. The van der Waals surface area contributed by atoms with E-state index in [2.05, 4.69) is 135 Å². The summed E-state index contributed by atoms with van der Waals surface area (Å²) in [6.45, 7) is 17.5. The molecule has 8 bridgehead atoms. The quantitative estimate of drug-likeness (QED) is 0.227. The average molecular weight is 585 g/mol. The molecule has 0 radical (unpaired) electrons. The predicted octanol–water partition coefficient (Wildman–Crippen LogP) is 7.12. The maximum absolute atomic E-state index is 5.41. The molecule has 0 saturated heterocycles. The lowest BCUT2D eigenvalue weighted by atomic mass is 9.85. The van der Waals surface area contributed by atoms with Crippen molar-refractivity contribution in [1.82, 2.24) is 39.0 Å². The first-order valence-electron chi connectivity index (χ1n) is 15.2. The fraction of sp³-hybridized carbons (Fsp3) is 0.333. The van der Waals surface area contributed by atoms with Gasteiger partial charge >= 0.3 is 0 Å². The number of H-pyrrole nitrogens is 2. The van der Waals surface area contributed by atoms with E-state index in [1.165, 1.54) is 0 Å². The fourth-order valence-corrected chi connectivity index (χ4v) is 6.22. The van der Waals surface area contributed by atoms with E-state index < -0.39 is 21.7 Å². The molecular weight excluding hydrogens is 544 g/mol. The number of benzene rings is 2. The Balaban J connectivity index is 1.54. The summed E-state index contributed by atoms with van der Waals surface area (Å²) in [6, 6.07) is 20.8. The van der Waals surface area contributed by atoms with Gasteiger partial charge in [-0.25, -0.2) is 19.9 Å². The molecule has 0 fully saturated rings. The van der Waals surface area contributed by atoms with Crippen LogP contribution in [0.25, 0.3) is 11.4 Å². The number of aromatic nitrogens is 8. The highest BCUT2D eigenvalue weighted by Crippen LogP contribution is 2.40. The first-order chi connectivity index (χ1) is 20.8. The van der Waals surface area contributed by atoms with Crippen LogP contribution in [0.3, 0.4) is 0 Å². The maximum atomic E-state index is 5.41. The molecule has 8 heteroatoms. The lowest BCUT2D eigenvalue weighted by molar-refractivity contribution is 0.522. The van der Waals surface area contributed by atoms with Crippen LogP contribution in [0.4, 0.5) is 0 Å². The van der Waals surface area contributed by atoms with Crippen LogP contribution in [-0.4, -0.2) is 39.0 Å². The molecule has 0 atom stereocenters. The summed E-state index contributed by atoms with van der Waals surface area (Å²) < 4.78 is 4.42. The monoisotopic (exact) mass is 584 g/mol. The van der Waals surface area contributed by atoms with Gasteiger partial charge < -0.3 is 19.1 Å². The summed E-state index contributed by atoms with van der Waals surface area (Å²) in [5, 5.41) is 0. The predicted molar refractivity (Wildman–Crippen MR) is 173 cm³/mol. The number of para-hydroxylation sites is 2. The van der Waals surface area contributed by atoms with Crippen molar-refractivity contribution in [3.05, 3.63) is 132 Å². The topological polar surface area (TPSA) is 93.0 Å². The van der Waals surface area contributed by atoms with Gasteiger partial charge in [-0.2, -0.15) is 0 Å². The number of imidazole rings is 4. The van der Waals surface area contributed by atoms with Crippen LogP contribution in [0.2, 0.25) is 0 Å². The van der Waals surface area contributed by atoms with Crippen molar-refractivity contribution < 1.29 is 0 Å². The summed E-state index contributed by atoms with van der Waals surface area (Å²) in [4.78, 5) is 28.1. The van der Waals surface area contributed by atoms with Crippen molar-refractivity contribution >= 4 is 0 Å². The number of rotatable bonds is 2. The molecule has 8 nitrogen and oxygen atoms in total. The maximum Gasteiger partial charge on any atom is 0.126 e. The Bertz CT molecular complexity index is 1820. The zero-order valence-corrected chi connectivity index (χ0v) is 26.8. The van der Waals surface area contributed by atoms with E-state index in [9.17, 15) is 0 Å². The van der Waals surface area contributed by atoms with Crippen molar-refractivity contribution in [2.75, 3.05) is 0 Å². The molecule has 224 valence electrons. The molecule has 44 heavy (non-hydrogen) atoms. The number of fused-ring (bicyclic) bond motifs is 8. The van der Waals surface area contributed by atoms with E-state index in [0.717, 1.165) is 57.4 Å². The second-order valence-corrected chi connectivity index (χ2v) is 14.1. The van der Waals surface area contributed by atoms with Crippen LogP contribution in [0.15, 0.2) is 85.5 Å². The first-order valence-corrected chi connectivity index (χ1v) is 15.2. The van der Waals surface area contributed by atoms with Gasteiger partial charge in [0.05, 0.1) is 27.6 Å². The largest absolute Gasteiger partial charge is 0.344 e. The van der Waals surface area contributed by atoms with E-state index in [1.807, 2.05) is 24.5 Å². The van der Waals surface area contributed by atoms with Crippen LogP contribution >= 0.6 is 0 Å². The molecule has 1 aliphatic heterocycles. The Morgan fingerprint density at radius 1 is 0.500 bits per heavy atom. The Morgan fingerprint density at radius 3 is 1.27 bits per heavy atom. The Labute approximate surface area is 258 Å². The third kappa shape index (κ3) is 4.11. The molecule has 0 amide bonds. The van der Waals surface area contributed by atoms with Crippen molar-refractivity contribution in [3.63, 3.8) is 0 Å². The number of hydrogen-bond donors (Lipinski definition) is 2. The van der Waals surface area contributed by atoms with E-state index in [4.69, 9.17) is 19.9 Å². The summed E-state index contributed by atoms with van der Waals surface area (Å²) in [5.74, 6) is 3.53. The van der Waals surface area contributed by atoms with E-state index in [-0.39, 0.29) is 0 Å². The van der Waals surface area contributed by atoms with E-state index in [0.29, 0.717) is 0 Å². The highest BCUT2D eigenvalue weighted by Gasteiger charge is 2.41. The van der Waals surface area contributed by atoms with Crippen molar-refractivity contribution in [3.8, 4) is 11.4 Å². The van der Waals surface area contributed by atoms with Crippen molar-refractivity contribution in [2.24, 2.45) is 0 Å². The van der Waals surface area contributed by atoms with Gasteiger partial charge in [-0.05, 0) is 79.7 Å².